The van der Waals surface area contributed by atoms with Gasteiger partial charge in [0.25, 0.3) is 0 Å². The topological polar surface area (TPSA) is 82.9 Å². The smallest absolute Gasteiger partial charge is 0.182 e. The summed E-state index contributed by atoms with van der Waals surface area (Å²) in [5.41, 5.74) is 1.91. The van der Waals surface area contributed by atoms with Crippen LogP contribution >= 0.6 is 0 Å². The normalized spacial score (nSPS) is 9.53. The van der Waals surface area contributed by atoms with E-state index in [1.807, 2.05) is 31.3 Å². The summed E-state index contributed by atoms with van der Waals surface area (Å²) in [6, 6.07) is 7.45. The van der Waals surface area contributed by atoms with Gasteiger partial charge in [0.15, 0.2) is 6.19 Å². The molecule has 6 heteroatoms. The number of ether oxygens (including phenoxy) is 1. The Hall–Kier alpha value is -2.81. The lowest BCUT2D eigenvalue weighted by Gasteiger charge is -2.11. The predicted octanol–water partition coefficient (Wildman–Crippen LogP) is 2.43. The van der Waals surface area contributed by atoms with E-state index < -0.39 is 0 Å². The van der Waals surface area contributed by atoms with Gasteiger partial charge in [-0.25, -0.2) is 9.97 Å². The van der Waals surface area contributed by atoms with E-state index in [0.717, 1.165) is 17.0 Å². The molecule has 0 unspecified atom stereocenters. The van der Waals surface area contributed by atoms with Crippen LogP contribution in [0, 0.1) is 18.4 Å². The average molecular weight is 255 g/mol. The summed E-state index contributed by atoms with van der Waals surface area (Å²) in [5.74, 6) is 1.74. The first-order valence-electron chi connectivity index (χ1n) is 5.61. The van der Waals surface area contributed by atoms with Crippen LogP contribution in [0.5, 0.6) is 5.75 Å². The highest BCUT2D eigenvalue weighted by Gasteiger charge is 2.05. The average Bonchev–Trinajstić information content (AvgIpc) is 2.40. The Labute approximate surface area is 111 Å². The van der Waals surface area contributed by atoms with Gasteiger partial charge < -0.3 is 10.1 Å². The Balaban J connectivity index is 2.28. The van der Waals surface area contributed by atoms with Crippen LogP contribution in [0.1, 0.15) is 5.56 Å². The molecule has 0 saturated heterocycles. The van der Waals surface area contributed by atoms with Crippen molar-refractivity contribution in [1.29, 1.82) is 5.26 Å². The molecule has 0 amide bonds. The van der Waals surface area contributed by atoms with Crippen molar-refractivity contribution in [3.8, 4) is 11.9 Å². The van der Waals surface area contributed by atoms with Crippen LogP contribution in [0.15, 0.2) is 30.6 Å². The van der Waals surface area contributed by atoms with Crippen molar-refractivity contribution in [3.05, 3.63) is 36.2 Å². The number of aromatic nitrogens is 2. The minimum atomic E-state index is 0.437. The van der Waals surface area contributed by atoms with Gasteiger partial charge in [0.1, 0.15) is 23.7 Å². The maximum Gasteiger partial charge on any atom is 0.182 e. The minimum absolute atomic E-state index is 0.437. The van der Waals surface area contributed by atoms with Crippen molar-refractivity contribution in [2.75, 3.05) is 17.7 Å². The number of aryl methyl sites for hydroxylation is 1. The van der Waals surface area contributed by atoms with Crippen molar-refractivity contribution in [2.24, 2.45) is 0 Å². The second kappa shape index (κ2) is 5.69. The highest BCUT2D eigenvalue weighted by atomic mass is 16.5. The summed E-state index contributed by atoms with van der Waals surface area (Å²) >= 11 is 0. The van der Waals surface area contributed by atoms with Crippen molar-refractivity contribution in [3.63, 3.8) is 0 Å². The molecular weight excluding hydrogens is 242 g/mol. The fourth-order valence-electron chi connectivity index (χ4n) is 1.61. The number of benzene rings is 1. The third-order valence-electron chi connectivity index (χ3n) is 2.47. The molecule has 0 aliphatic carbocycles. The Bertz CT molecular complexity index is 621. The van der Waals surface area contributed by atoms with Crippen molar-refractivity contribution >= 4 is 17.3 Å². The van der Waals surface area contributed by atoms with E-state index >= 15 is 0 Å². The maximum atomic E-state index is 8.56. The van der Waals surface area contributed by atoms with Crippen LogP contribution in [-0.4, -0.2) is 17.1 Å². The fraction of sp³-hybridized carbons (Fsp3) is 0.154. The van der Waals surface area contributed by atoms with Gasteiger partial charge >= 0.3 is 0 Å². The summed E-state index contributed by atoms with van der Waals surface area (Å²) in [5, 5.41) is 14.2. The zero-order chi connectivity index (χ0) is 13.7. The molecular formula is C13H13N5O. The zero-order valence-electron chi connectivity index (χ0n) is 10.6. The number of methoxy groups -OCH3 is 1. The van der Waals surface area contributed by atoms with E-state index in [2.05, 4.69) is 20.6 Å². The van der Waals surface area contributed by atoms with Gasteiger partial charge in [-0.1, -0.05) is 6.07 Å². The first kappa shape index (κ1) is 12.6. The molecule has 1 aromatic carbocycles. The third-order valence-corrected chi connectivity index (χ3v) is 2.47. The van der Waals surface area contributed by atoms with Gasteiger partial charge in [0, 0.05) is 6.07 Å². The molecule has 1 heterocycles. The molecule has 2 N–H and O–H groups in total. The maximum absolute atomic E-state index is 8.56. The van der Waals surface area contributed by atoms with Crippen LogP contribution in [0.25, 0.3) is 0 Å². The predicted molar refractivity (Wildman–Crippen MR) is 72.3 cm³/mol. The molecule has 0 bridgehead atoms. The van der Waals surface area contributed by atoms with Gasteiger partial charge in [0.2, 0.25) is 0 Å². The summed E-state index contributed by atoms with van der Waals surface area (Å²) in [4.78, 5) is 8.01. The van der Waals surface area contributed by atoms with Gasteiger partial charge in [-0.2, -0.15) is 5.26 Å². The number of hydrogen-bond donors (Lipinski definition) is 2. The Kier molecular flexibility index (Phi) is 3.78. The van der Waals surface area contributed by atoms with Crippen molar-refractivity contribution in [2.45, 2.75) is 6.92 Å². The standard InChI is InChI=1S/C13H13N5O/c1-9-3-4-11(19-2)10(5-9)18-13-6-12(15-7-14)16-8-17-13/h3-6,8H,1-2H3,(H2,15,16,17,18). The van der Waals surface area contributed by atoms with Crippen LogP contribution < -0.4 is 15.4 Å². The van der Waals surface area contributed by atoms with E-state index in [-0.39, 0.29) is 0 Å². The molecule has 0 aliphatic rings. The van der Waals surface area contributed by atoms with Gasteiger partial charge in [-0.05, 0) is 24.6 Å². The molecule has 0 spiro atoms. The number of nitrogens with one attached hydrogen (secondary N) is 2. The number of nitrogens with zero attached hydrogens (tertiary/aromatic N) is 3. The lowest BCUT2D eigenvalue weighted by Crippen LogP contribution is -1.99. The monoisotopic (exact) mass is 255 g/mol. The molecule has 0 saturated carbocycles. The first-order valence-corrected chi connectivity index (χ1v) is 5.61. The van der Waals surface area contributed by atoms with E-state index in [9.17, 15) is 0 Å². The molecule has 0 aliphatic heterocycles. The number of nitriles is 1. The Morgan fingerprint density at radius 3 is 2.74 bits per heavy atom. The molecule has 1 aromatic heterocycles. The lowest BCUT2D eigenvalue weighted by molar-refractivity contribution is 0.416. The number of hydrogen-bond acceptors (Lipinski definition) is 6. The molecule has 2 aromatic rings. The van der Waals surface area contributed by atoms with Gasteiger partial charge in [0.05, 0.1) is 12.8 Å². The molecule has 0 fully saturated rings. The third kappa shape index (κ3) is 3.10. The molecule has 6 nitrogen and oxygen atoms in total. The molecule has 2 rings (SSSR count). The van der Waals surface area contributed by atoms with Crippen molar-refractivity contribution in [1.82, 2.24) is 9.97 Å². The minimum Gasteiger partial charge on any atom is -0.495 e. The summed E-state index contributed by atoms with van der Waals surface area (Å²) in [6.07, 6.45) is 3.19. The summed E-state index contributed by atoms with van der Waals surface area (Å²) < 4.78 is 5.28. The van der Waals surface area contributed by atoms with Crippen molar-refractivity contribution < 1.29 is 4.74 Å². The van der Waals surface area contributed by atoms with Crippen LogP contribution in [-0.2, 0) is 0 Å². The highest BCUT2D eigenvalue weighted by molar-refractivity contribution is 5.66. The summed E-state index contributed by atoms with van der Waals surface area (Å²) in [7, 11) is 1.61. The SMILES string of the molecule is COc1ccc(C)cc1Nc1cc(NC#N)ncn1. The van der Waals surface area contributed by atoms with Gasteiger partial charge in [-0.15, -0.1) is 0 Å². The number of anilines is 3. The lowest BCUT2D eigenvalue weighted by atomic mass is 10.2. The fourth-order valence-corrected chi connectivity index (χ4v) is 1.61. The van der Waals surface area contributed by atoms with E-state index in [1.165, 1.54) is 6.33 Å². The molecule has 0 atom stereocenters. The number of rotatable bonds is 4. The highest BCUT2D eigenvalue weighted by Crippen LogP contribution is 2.28. The summed E-state index contributed by atoms with van der Waals surface area (Å²) in [6.45, 7) is 1.99. The van der Waals surface area contributed by atoms with Crippen LogP contribution in [0.4, 0.5) is 17.3 Å². The second-order valence-corrected chi connectivity index (χ2v) is 3.85. The van der Waals surface area contributed by atoms with Crippen LogP contribution in [0.3, 0.4) is 0 Å². The molecule has 0 radical (unpaired) electrons. The van der Waals surface area contributed by atoms with E-state index in [4.69, 9.17) is 10.00 Å². The van der Waals surface area contributed by atoms with Crippen LogP contribution in [0.2, 0.25) is 0 Å². The van der Waals surface area contributed by atoms with E-state index in [0.29, 0.717) is 11.6 Å². The quantitative estimate of drug-likeness (QED) is 0.645. The molecule has 19 heavy (non-hydrogen) atoms. The van der Waals surface area contributed by atoms with E-state index in [1.54, 1.807) is 13.2 Å². The Morgan fingerprint density at radius 1 is 1.21 bits per heavy atom. The first-order chi connectivity index (χ1) is 9.22. The zero-order valence-corrected chi connectivity index (χ0v) is 10.6. The Morgan fingerprint density at radius 2 is 2.00 bits per heavy atom. The largest absolute Gasteiger partial charge is 0.495 e. The second-order valence-electron chi connectivity index (χ2n) is 3.85. The van der Waals surface area contributed by atoms with Gasteiger partial charge in [-0.3, -0.25) is 5.32 Å². The molecule has 96 valence electrons.